The number of halogens is 1. The van der Waals surface area contributed by atoms with E-state index in [1.807, 2.05) is 31.2 Å². The highest BCUT2D eigenvalue weighted by Crippen LogP contribution is 2.27. The number of aryl methyl sites for hydroxylation is 2. The molecule has 3 heteroatoms. The zero-order valence-corrected chi connectivity index (χ0v) is 10.6. The first-order valence-corrected chi connectivity index (χ1v) is 5.92. The van der Waals surface area contributed by atoms with E-state index in [0.717, 1.165) is 10.3 Å². The Labute approximate surface area is 106 Å². The summed E-state index contributed by atoms with van der Waals surface area (Å²) in [7, 11) is 0. The zero-order valence-electron chi connectivity index (χ0n) is 9.85. The van der Waals surface area contributed by atoms with Gasteiger partial charge in [0.15, 0.2) is 6.20 Å². The maximum Gasteiger partial charge on any atom is 0.215 e. The number of pyridine rings is 1. The van der Waals surface area contributed by atoms with Crippen molar-refractivity contribution in [2.24, 2.45) is 0 Å². The normalized spacial score (nSPS) is 12.4. The van der Waals surface area contributed by atoms with Crippen molar-refractivity contribution >= 4 is 11.6 Å². The van der Waals surface area contributed by atoms with Crippen molar-refractivity contribution in [3.8, 4) is 0 Å². The Morgan fingerprint density at radius 1 is 1.12 bits per heavy atom. The molecule has 0 radical (unpaired) electrons. The number of hydrogen-bond acceptors (Lipinski definition) is 1. The molecular weight excluding hydrogens is 234 g/mol. The van der Waals surface area contributed by atoms with Gasteiger partial charge in [-0.1, -0.05) is 18.2 Å². The fraction of sp³-hybridized carbons (Fsp3) is 0.214. The maximum absolute atomic E-state index is 11.6. The third-order valence-corrected chi connectivity index (χ3v) is 3.41. The highest BCUT2D eigenvalue weighted by atomic mass is 35.5. The third kappa shape index (κ3) is 2.42. The van der Waals surface area contributed by atoms with Crippen molar-refractivity contribution in [3.05, 3.63) is 70.2 Å². The smallest absolute Gasteiger partial charge is 0.215 e. The van der Waals surface area contributed by atoms with Crippen LogP contribution < -0.4 is 4.73 Å². The number of hydrogen-bond donors (Lipinski definition) is 0. The number of nitrogens with zero attached hydrogens (tertiary/aromatic N) is 1. The van der Waals surface area contributed by atoms with Gasteiger partial charge >= 0.3 is 0 Å². The Balaban J connectivity index is 2.40. The van der Waals surface area contributed by atoms with Crippen molar-refractivity contribution in [1.29, 1.82) is 0 Å². The minimum absolute atomic E-state index is 0.409. The van der Waals surface area contributed by atoms with Gasteiger partial charge in [-0.25, -0.2) is 0 Å². The molecule has 2 aromatic rings. The molecule has 1 aromatic heterocycles. The molecule has 1 atom stereocenters. The molecule has 1 unspecified atom stereocenters. The van der Waals surface area contributed by atoms with Gasteiger partial charge < -0.3 is 5.21 Å². The molecule has 0 fully saturated rings. The van der Waals surface area contributed by atoms with Gasteiger partial charge in [-0.05, 0) is 36.6 Å². The van der Waals surface area contributed by atoms with E-state index in [9.17, 15) is 5.21 Å². The first kappa shape index (κ1) is 11.9. The van der Waals surface area contributed by atoms with Crippen LogP contribution in [0.2, 0.25) is 0 Å². The van der Waals surface area contributed by atoms with E-state index >= 15 is 0 Å². The molecule has 0 N–H and O–H groups in total. The van der Waals surface area contributed by atoms with Gasteiger partial charge in [0.2, 0.25) is 5.69 Å². The summed E-state index contributed by atoms with van der Waals surface area (Å²) in [5, 5.41) is 11.2. The summed E-state index contributed by atoms with van der Waals surface area (Å²) in [5.41, 5.74) is 3.91. The van der Waals surface area contributed by atoms with E-state index in [1.165, 1.54) is 17.3 Å². The van der Waals surface area contributed by atoms with Gasteiger partial charge in [-0.2, -0.15) is 4.73 Å². The molecule has 0 aliphatic carbocycles. The molecule has 0 saturated carbocycles. The first-order chi connectivity index (χ1) is 8.09. The summed E-state index contributed by atoms with van der Waals surface area (Å²) < 4.78 is 0.812. The summed E-state index contributed by atoms with van der Waals surface area (Å²) in [6.45, 7) is 4.09. The van der Waals surface area contributed by atoms with E-state index in [-0.39, 0.29) is 0 Å². The standard InChI is InChI=1S/C14H14ClNO/c1-10-6-7-12(9-11(10)2)14(15)13-5-3-4-8-16(13)17/h3-9,14H,1-2H3. The lowest BCUT2D eigenvalue weighted by Crippen LogP contribution is -2.31. The fourth-order valence-electron chi connectivity index (χ4n) is 1.73. The highest BCUT2D eigenvalue weighted by Gasteiger charge is 2.18. The van der Waals surface area contributed by atoms with E-state index < -0.39 is 5.38 Å². The molecule has 0 saturated heterocycles. The predicted octanol–water partition coefficient (Wildman–Crippen LogP) is 3.27. The summed E-state index contributed by atoms with van der Waals surface area (Å²) in [6.07, 6.45) is 1.46. The van der Waals surface area contributed by atoms with Crippen LogP contribution in [0.15, 0.2) is 42.6 Å². The SMILES string of the molecule is Cc1ccc(C(Cl)c2cccc[n+]2[O-])cc1C. The van der Waals surface area contributed by atoms with Crippen molar-refractivity contribution in [2.75, 3.05) is 0 Å². The van der Waals surface area contributed by atoms with Crippen LogP contribution in [0.3, 0.4) is 0 Å². The second kappa shape index (κ2) is 4.76. The fourth-order valence-corrected chi connectivity index (χ4v) is 2.04. The van der Waals surface area contributed by atoms with Gasteiger partial charge in [-0.15, -0.1) is 11.6 Å². The quantitative estimate of drug-likeness (QED) is 0.455. The number of benzene rings is 1. The van der Waals surface area contributed by atoms with Gasteiger partial charge in [0.25, 0.3) is 0 Å². The second-order valence-electron chi connectivity index (χ2n) is 4.16. The minimum atomic E-state index is -0.409. The van der Waals surface area contributed by atoms with Crippen LogP contribution in [0.5, 0.6) is 0 Å². The molecule has 2 rings (SSSR count). The summed E-state index contributed by atoms with van der Waals surface area (Å²) in [6, 6.07) is 11.3. The van der Waals surface area contributed by atoms with Crippen molar-refractivity contribution in [3.63, 3.8) is 0 Å². The molecule has 0 aliphatic rings. The van der Waals surface area contributed by atoms with Crippen LogP contribution in [0.1, 0.15) is 27.8 Å². The van der Waals surface area contributed by atoms with Crippen LogP contribution in [-0.2, 0) is 0 Å². The Morgan fingerprint density at radius 2 is 1.88 bits per heavy atom. The van der Waals surface area contributed by atoms with E-state index in [2.05, 4.69) is 6.92 Å². The monoisotopic (exact) mass is 247 g/mol. The van der Waals surface area contributed by atoms with Crippen LogP contribution in [0, 0.1) is 19.1 Å². The lowest BCUT2D eigenvalue weighted by atomic mass is 10.0. The van der Waals surface area contributed by atoms with Gasteiger partial charge in [-0.3, -0.25) is 0 Å². The summed E-state index contributed by atoms with van der Waals surface area (Å²) in [5.74, 6) is 0. The molecule has 0 amide bonds. The molecular formula is C14H14ClNO. The zero-order chi connectivity index (χ0) is 12.4. The van der Waals surface area contributed by atoms with Crippen molar-refractivity contribution in [1.82, 2.24) is 0 Å². The predicted molar refractivity (Wildman–Crippen MR) is 69.0 cm³/mol. The van der Waals surface area contributed by atoms with Crippen LogP contribution in [0.4, 0.5) is 0 Å². The van der Waals surface area contributed by atoms with Gasteiger partial charge in [0, 0.05) is 12.1 Å². The first-order valence-electron chi connectivity index (χ1n) is 5.49. The number of rotatable bonds is 2. The number of alkyl halides is 1. The maximum atomic E-state index is 11.6. The lowest BCUT2D eigenvalue weighted by molar-refractivity contribution is -0.613. The molecule has 0 bridgehead atoms. The van der Waals surface area contributed by atoms with Crippen LogP contribution in [-0.4, -0.2) is 0 Å². The highest BCUT2D eigenvalue weighted by molar-refractivity contribution is 6.22. The van der Waals surface area contributed by atoms with E-state index in [1.54, 1.807) is 12.1 Å². The number of aromatic nitrogens is 1. The largest absolute Gasteiger partial charge is 0.618 e. The van der Waals surface area contributed by atoms with Crippen LogP contribution >= 0.6 is 11.6 Å². The topological polar surface area (TPSA) is 26.9 Å². The van der Waals surface area contributed by atoms with Gasteiger partial charge in [0.1, 0.15) is 5.38 Å². The molecule has 0 aliphatic heterocycles. The average Bonchev–Trinajstić information content (AvgIpc) is 2.32. The Kier molecular flexibility index (Phi) is 3.34. The Bertz CT molecular complexity index is 539. The summed E-state index contributed by atoms with van der Waals surface area (Å²) >= 11 is 6.34. The van der Waals surface area contributed by atoms with E-state index in [0.29, 0.717) is 5.69 Å². The molecule has 1 aromatic carbocycles. The molecule has 2 nitrogen and oxygen atoms in total. The Morgan fingerprint density at radius 3 is 2.53 bits per heavy atom. The lowest BCUT2D eigenvalue weighted by Gasteiger charge is -2.11. The molecule has 0 spiro atoms. The molecule has 1 heterocycles. The average molecular weight is 248 g/mol. The Hall–Kier alpha value is -1.54. The summed E-state index contributed by atoms with van der Waals surface area (Å²) in [4.78, 5) is 0. The van der Waals surface area contributed by atoms with Gasteiger partial charge in [0.05, 0.1) is 0 Å². The minimum Gasteiger partial charge on any atom is -0.618 e. The molecule has 88 valence electrons. The van der Waals surface area contributed by atoms with Crippen LogP contribution in [0.25, 0.3) is 0 Å². The van der Waals surface area contributed by atoms with E-state index in [4.69, 9.17) is 11.6 Å². The third-order valence-electron chi connectivity index (χ3n) is 2.94. The van der Waals surface area contributed by atoms with Crippen molar-refractivity contribution in [2.45, 2.75) is 19.2 Å². The van der Waals surface area contributed by atoms with Crippen molar-refractivity contribution < 1.29 is 4.73 Å². The second-order valence-corrected chi connectivity index (χ2v) is 4.59. The molecule has 17 heavy (non-hydrogen) atoms.